The number of ether oxygens (including phenoxy) is 1. The Balaban J connectivity index is 2.05. The summed E-state index contributed by atoms with van der Waals surface area (Å²) in [6, 6.07) is 0. The van der Waals surface area contributed by atoms with Crippen molar-refractivity contribution in [2.24, 2.45) is 21.6 Å². The molecule has 4 N–H and O–H groups in total. The summed E-state index contributed by atoms with van der Waals surface area (Å²) in [5.41, 5.74) is 6.00. The third kappa shape index (κ3) is 3.83. The van der Waals surface area contributed by atoms with E-state index in [1.54, 1.807) is 6.21 Å². The number of guanidine groups is 1. The van der Waals surface area contributed by atoms with E-state index < -0.39 is 31.3 Å². The van der Waals surface area contributed by atoms with Crippen LogP contribution in [0.5, 0.6) is 0 Å². The Hall–Kier alpha value is -0.940. The average Bonchev–Trinajstić information content (AvgIpc) is 2.64. The summed E-state index contributed by atoms with van der Waals surface area (Å²) in [6.45, 7) is 6.90. The fourth-order valence-corrected chi connectivity index (χ4v) is 3.51. The zero-order chi connectivity index (χ0) is 15.8. The molecular formula is C14H24N3O3P. The van der Waals surface area contributed by atoms with Crippen LogP contribution in [0.3, 0.4) is 0 Å². The van der Waals surface area contributed by atoms with Gasteiger partial charge in [0.25, 0.3) is 0 Å². The van der Waals surface area contributed by atoms with Gasteiger partial charge in [-0.25, -0.2) is 9.98 Å². The van der Waals surface area contributed by atoms with Crippen molar-refractivity contribution >= 4 is 25.4 Å². The lowest BCUT2D eigenvalue weighted by Crippen LogP contribution is -2.38. The summed E-state index contributed by atoms with van der Waals surface area (Å²) in [5, 5.41) is 20.4. The van der Waals surface area contributed by atoms with E-state index in [9.17, 15) is 10.2 Å². The molecule has 1 saturated heterocycles. The highest BCUT2D eigenvalue weighted by atomic mass is 31.2. The molecule has 1 fully saturated rings. The largest absolute Gasteiger partial charge is 0.388 e. The zero-order valence-electron chi connectivity index (χ0n) is 12.5. The minimum absolute atomic E-state index is 0.143. The van der Waals surface area contributed by atoms with Gasteiger partial charge in [0.05, 0.1) is 18.1 Å². The van der Waals surface area contributed by atoms with Crippen LogP contribution in [0.4, 0.5) is 0 Å². The second-order valence-corrected chi connectivity index (χ2v) is 10.7. The third-order valence-corrected chi connectivity index (χ3v) is 5.25. The molecule has 5 atom stereocenters. The summed E-state index contributed by atoms with van der Waals surface area (Å²) in [4.78, 5) is 7.94. The van der Waals surface area contributed by atoms with E-state index in [1.807, 2.05) is 0 Å². The molecule has 2 heterocycles. The van der Waals surface area contributed by atoms with E-state index >= 15 is 0 Å². The van der Waals surface area contributed by atoms with Crippen LogP contribution in [-0.2, 0) is 4.74 Å². The molecule has 6 nitrogen and oxygen atoms in total. The molecule has 0 bridgehead atoms. The van der Waals surface area contributed by atoms with Crippen LogP contribution < -0.4 is 5.73 Å². The van der Waals surface area contributed by atoms with Gasteiger partial charge < -0.3 is 20.7 Å². The van der Waals surface area contributed by atoms with Gasteiger partial charge in [-0.2, -0.15) is 0 Å². The lowest BCUT2D eigenvalue weighted by Gasteiger charge is -2.24. The summed E-state index contributed by atoms with van der Waals surface area (Å²) < 4.78 is 5.85. The molecular weight excluding hydrogens is 289 g/mol. The number of aliphatic imine (C=N–C) groups is 2. The first-order chi connectivity index (χ1) is 9.69. The van der Waals surface area contributed by atoms with E-state index in [0.717, 1.165) is 6.16 Å². The van der Waals surface area contributed by atoms with Crippen molar-refractivity contribution in [2.75, 3.05) is 19.5 Å². The Labute approximate surface area is 125 Å². The van der Waals surface area contributed by atoms with Gasteiger partial charge in [0, 0.05) is 11.9 Å². The van der Waals surface area contributed by atoms with Crippen LogP contribution in [0.1, 0.15) is 6.42 Å². The van der Waals surface area contributed by atoms with Crippen LogP contribution in [-0.4, -0.2) is 72.6 Å². The predicted octanol–water partition coefficient (Wildman–Crippen LogP) is 0.104. The van der Waals surface area contributed by atoms with Crippen LogP contribution >= 0.6 is 6.89 Å². The van der Waals surface area contributed by atoms with Crippen molar-refractivity contribution in [3.63, 3.8) is 0 Å². The van der Waals surface area contributed by atoms with Gasteiger partial charge in [-0.15, -0.1) is 13.2 Å². The maximum absolute atomic E-state index is 10.2. The van der Waals surface area contributed by atoms with Gasteiger partial charge in [0.1, 0.15) is 12.2 Å². The fourth-order valence-electron chi connectivity index (χ4n) is 2.56. The van der Waals surface area contributed by atoms with E-state index in [0.29, 0.717) is 12.1 Å². The predicted molar refractivity (Wildman–Crippen MR) is 88.8 cm³/mol. The van der Waals surface area contributed by atoms with Crippen LogP contribution in [0.25, 0.3) is 0 Å². The fraction of sp³-hybridized carbons (Fsp3) is 0.643. The Morgan fingerprint density at radius 2 is 2.05 bits per heavy atom. The summed E-state index contributed by atoms with van der Waals surface area (Å²) in [7, 11) is 0. The van der Waals surface area contributed by atoms with Crippen LogP contribution in [0.2, 0.25) is 0 Å². The topological polar surface area (TPSA) is 100 Å². The number of rotatable bonds is 4. The highest BCUT2D eigenvalue weighted by molar-refractivity contribution is 7.72. The lowest BCUT2D eigenvalue weighted by molar-refractivity contribution is -0.00345. The molecule has 7 heteroatoms. The quantitative estimate of drug-likeness (QED) is 0.641. The van der Waals surface area contributed by atoms with Crippen LogP contribution in [0, 0.1) is 5.92 Å². The number of hydrogen-bond acceptors (Lipinski definition) is 6. The number of nitrogens with zero attached hydrogens (tertiary/aromatic N) is 2. The summed E-state index contributed by atoms with van der Waals surface area (Å²) in [6.07, 6.45) is 4.43. The van der Waals surface area contributed by atoms with Crippen molar-refractivity contribution in [2.45, 2.75) is 30.8 Å². The minimum atomic E-state index is -1.19. The number of aliphatic hydroxyl groups is 2. The van der Waals surface area contributed by atoms with Crippen molar-refractivity contribution in [1.29, 1.82) is 0 Å². The SMILES string of the molecule is C=C1N=C(N)N=C[C@@H]1C1O[C@H](CCP(=C)(C)C)[C@@H](O)[C@H]1O. The van der Waals surface area contributed by atoms with Gasteiger partial charge in [-0.05, 0) is 25.9 Å². The molecule has 0 aromatic rings. The first-order valence-electron chi connectivity index (χ1n) is 6.95. The van der Waals surface area contributed by atoms with Crippen molar-refractivity contribution < 1.29 is 14.9 Å². The Morgan fingerprint density at radius 1 is 1.38 bits per heavy atom. The van der Waals surface area contributed by atoms with Crippen LogP contribution in [0.15, 0.2) is 22.3 Å². The van der Waals surface area contributed by atoms with Gasteiger partial charge in [-0.3, -0.25) is 0 Å². The molecule has 1 unspecified atom stereocenters. The molecule has 2 rings (SSSR count). The smallest absolute Gasteiger partial charge is 0.219 e. The molecule has 0 amide bonds. The normalized spacial score (nSPS) is 36.9. The molecule has 2 aliphatic heterocycles. The minimum Gasteiger partial charge on any atom is -0.388 e. The molecule has 21 heavy (non-hydrogen) atoms. The zero-order valence-corrected chi connectivity index (χ0v) is 13.4. The molecule has 0 spiro atoms. The van der Waals surface area contributed by atoms with Crippen molar-refractivity contribution in [3.8, 4) is 0 Å². The molecule has 0 saturated carbocycles. The Morgan fingerprint density at radius 3 is 2.62 bits per heavy atom. The van der Waals surface area contributed by atoms with E-state index in [-0.39, 0.29) is 11.9 Å². The standard InChI is InChI=1S/C14H24N3O3P/c1-8-9(7-16-14(15)17-8)13-12(19)11(18)10(20-13)5-6-21(2,3)4/h7,9-13,18-19H,1-2,5-6H2,3-4H3,(H2,15,17)/t9-,10+,11+,12+,13?/m0/s1. The second kappa shape index (κ2) is 6.05. The molecule has 0 aromatic heterocycles. The van der Waals surface area contributed by atoms with Gasteiger partial charge in [0.2, 0.25) is 5.96 Å². The van der Waals surface area contributed by atoms with E-state index in [4.69, 9.17) is 10.5 Å². The number of aliphatic hydroxyl groups excluding tert-OH is 2. The number of hydrogen-bond donors (Lipinski definition) is 3. The third-order valence-electron chi connectivity index (χ3n) is 3.78. The number of nitrogens with two attached hydrogens (primary N) is 1. The van der Waals surface area contributed by atoms with E-state index in [1.165, 1.54) is 0 Å². The Bertz CT molecular complexity index is 526. The van der Waals surface area contributed by atoms with Gasteiger partial charge in [-0.1, -0.05) is 6.58 Å². The van der Waals surface area contributed by atoms with Crippen molar-refractivity contribution in [3.05, 3.63) is 12.3 Å². The lowest BCUT2D eigenvalue weighted by atomic mass is 9.94. The summed E-state index contributed by atoms with van der Waals surface area (Å²) >= 11 is 0. The van der Waals surface area contributed by atoms with Gasteiger partial charge in [0.15, 0.2) is 0 Å². The molecule has 2 aliphatic rings. The molecule has 0 radical (unpaired) electrons. The van der Waals surface area contributed by atoms with Crippen molar-refractivity contribution in [1.82, 2.24) is 0 Å². The maximum Gasteiger partial charge on any atom is 0.219 e. The molecule has 0 aliphatic carbocycles. The summed E-state index contributed by atoms with van der Waals surface area (Å²) in [5.74, 6) is -0.223. The van der Waals surface area contributed by atoms with E-state index in [2.05, 4.69) is 36.2 Å². The molecule has 118 valence electrons. The second-order valence-electron chi connectivity index (χ2n) is 6.33. The first kappa shape index (κ1) is 16.4. The molecule has 0 aromatic carbocycles. The van der Waals surface area contributed by atoms with Gasteiger partial charge >= 0.3 is 0 Å². The monoisotopic (exact) mass is 313 g/mol. The first-order valence-corrected chi connectivity index (χ1v) is 10.0. The average molecular weight is 313 g/mol. The Kier molecular flexibility index (Phi) is 4.73. The highest BCUT2D eigenvalue weighted by Gasteiger charge is 2.46. The maximum atomic E-state index is 10.2. The highest BCUT2D eigenvalue weighted by Crippen LogP contribution is 2.39.